The van der Waals surface area contributed by atoms with Gasteiger partial charge in [0.1, 0.15) is 0 Å². The van der Waals surface area contributed by atoms with Gasteiger partial charge in [-0.25, -0.2) is 9.38 Å². The van der Waals surface area contributed by atoms with Crippen molar-refractivity contribution >= 4 is 28.7 Å². The highest BCUT2D eigenvalue weighted by molar-refractivity contribution is 5.81. The number of nitrogens with one attached hydrogen (secondary N) is 1. The molecule has 3 aromatic rings. The Labute approximate surface area is 136 Å². The van der Waals surface area contributed by atoms with Crippen LogP contribution >= 0.6 is 0 Å². The molecule has 3 N–H and O–H groups in total. The van der Waals surface area contributed by atoms with Crippen LogP contribution in [-0.2, 0) is 0 Å². The largest absolute Gasteiger partial charge is 0.368 e. The van der Waals surface area contributed by atoms with Gasteiger partial charge in [-0.3, -0.25) is 0 Å². The lowest BCUT2D eigenvalue weighted by Gasteiger charge is -2.33. The number of hydrogen-bond acceptors (Lipinski definition) is 5. The Balaban J connectivity index is 2.13. The summed E-state index contributed by atoms with van der Waals surface area (Å²) in [5.41, 5.74) is 7.78. The molecule has 6 heteroatoms. The zero-order chi connectivity index (χ0) is 16.8. The first-order valence-corrected chi connectivity index (χ1v) is 7.84. The molecular formula is C17H24N6. The fourth-order valence-electron chi connectivity index (χ4n) is 3.34. The Morgan fingerprint density at radius 1 is 1.04 bits per heavy atom. The third kappa shape index (κ3) is 3.21. The molecule has 0 amide bonds. The van der Waals surface area contributed by atoms with Crippen LogP contribution in [0.5, 0.6) is 0 Å². The topological polar surface area (TPSA) is 81.1 Å². The number of anilines is 2. The Morgan fingerprint density at radius 3 is 2.43 bits per heavy atom. The first-order chi connectivity index (χ1) is 10.6. The van der Waals surface area contributed by atoms with Gasteiger partial charge in [-0.05, 0) is 37.8 Å². The summed E-state index contributed by atoms with van der Waals surface area (Å²) >= 11 is 0. The van der Waals surface area contributed by atoms with Crippen molar-refractivity contribution in [3.63, 3.8) is 0 Å². The highest BCUT2D eigenvalue weighted by atomic mass is 15.3. The fraction of sp³-hybridized carbons (Fsp3) is 0.471. The van der Waals surface area contributed by atoms with Crippen molar-refractivity contribution in [3.05, 3.63) is 24.3 Å². The second kappa shape index (κ2) is 5.08. The first-order valence-electron chi connectivity index (χ1n) is 7.84. The summed E-state index contributed by atoms with van der Waals surface area (Å²) in [5, 5.41) is 3.53. The van der Waals surface area contributed by atoms with Crippen molar-refractivity contribution in [2.75, 3.05) is 11.1 Å². The minimum absolute atomic E-state index is 0.142. The normalized spacial score (nSPS) is 12.9. The molecule has 0 bridgehead atoms. The summed E-state index contributed by atoms with van der Waals surface area (Å²) in [6.45, 7) is 11.0. The standard InChI is InChI=1S/C17H24N6/c1-16(2,3)10-17(4,5)22-15-21-13(18)20-14-19-11-8-6-7-9-12(11)23(14)15/h6-9H,10H2,1-5H3,(H3,18,19,20,21,22). The van der Waals surface area contributed by atoms with E-state index in [-0.39, 0.29) is 16.9 Å². The van der Waals surface area contributed by atoms with Crippen molar-refractivity contribution < 1.29 is 0 Å². The van der Waals surface area contributed by atoms with Crippen LogP contribution in [0.15, 0.2) is 24.3 Å². The molecule has 0 unspecified atom stereocenters. The number of nitrogens with two attached hydrogens (primary N) is 1. The molecule has 0 aliphatic carbocycles. The predicted octanol–water partition coefficient (Wildman–Crippen LogP) is 3.49. The number of fused-ring (bicyclic) bond motifs is 3. The number of nitrogens with zero attached hydrogens (tertiary/aromatic N) is 4. The Bertz CT molecular complexity index is 857. The molecule has 0 saturated heterocycles. The molecule has 2 aromatic heterocycles. The molecule has 0 atom stereocenters. The lowest BCUT2D eigenvalue weighted by Crippen LogP contribution is -2.36. The average molecular weight is 312 g/mol. The smallest absolute Gasteiger partial charge is 0.241 e. The second-order valence-corrected chi connectivity index (χ2v) is 7.89. The van der Waals surface area contributed by atoms with Crippen molar-refractivity contribution in [2.45, 2.75) is 46.6 Å². The summed E-state index contributed by atoms with van der Waals surface area (Å²) in [6, 6.07) is 7.92. The Morgan fingerprint density at radius 2 is 1.74 bits per heavy atom. The fourth-order valence-corrected chi connectivity index (χ4v) is 3.34. The van der Waals surface area contributed by atoms with Gasteiger partial charge in [-0.2, -0.15) is 9.97 Å². The summed E-state index contributed by atoms with van der Waals surface area (Å²) in [5.74, 6) is 1.46. The van der Waals surface area contributed by atoms with E-state index in [0.717, 1.165) is 17.5 Å². The van der Waals surface area contributed by atoms with E-state index >= 15 is 0 Å². The van der Waals surface area contributed by atoms with Crippen LogP contribution in [0, 0.1) is 5.41 Å². The van der Waals surface area contributed by atoms with Gasteiger partial charge in [0.25, 0.3) is 0 Å². The van der Waals surface area contributed by atoms with Crippen LogP contribution in [-0.4, -0.2) is 24.9 Å². The highest BCUT2D eigenvalue weighted by Gasteiger charge is 2.27. The number of nitrogen functional groups attached to an aromatic ring is 1. The molecule has 0 saturated carbocycles. The van der Waals surface area contributed by atoms with Crippen LogP contribution in [0.3, 0.4) is 0 Å². The van der Waals surface area contributed by atoms with Gasteiger partial charge in [0.2, 0.25) is 17.7 Å². The number of hydrogen-bond donors (Lipinski definition) is 2. The molecule has 0 spiro atoms. The van der Waals surface area contributed by atoms with Gasteiger partial charge >= 0.3 is 0 Å². The maximum absolute atomic E-state index is 5.88. The van der Waals surface area contributed by atoms with Crippen LogP contribution in [0.4, 0.5) is 11.9 Å². The van der Waals surface area contributed by atoms with Gasteiger partial charge in [-0.1, -0.05) is 32.9 Å². The van der Waals surface area contributed by atoms with Crippen molar-refractivity contribution in [1.82, 2.24) is 19.4 Å². The summed E-state index contributed by atoms with van der Waals surface area (Å²) in [6.07, 6.45) is 0.984. The SMILES string of the molecule is CC(C)(C)CC(C)(C)Nc1nc(N)nc2nc3ccccc3n12. The summed E-state index contributed by atoms with van der Waals surface area (Å²) in [4.78, 5) is 13.2. The molecule has 1 aromatic carbocycles. The van der Waals surface area contributed by atoms with Crippen LogP contribution < -0.4 is 11.1 Å². The van der Waals surface area contributed by atoms with Crippen molar-refractivity contribution in [3.8, 4) is 0 Å². The van der Waals surface area contributed by atoms with E-state index in [4.69, 9.17) is 5.73 Å². The molecule has 3 rings (SSSR count). The number of aromatic nitrogens is 4. The number of para-hydroxylation sites is 2. The van der Waals surface area contributed by atoms with Gasteiger partial charge in [0.15, 0.2) is 0 Å². The minimum atomic E-state index is -0.142. The lowest BCUT2D eigenvalue weighted by molar-refractivity contribution is 0.301. The molecule has 0 aliphatic heterocycles. The highest BCUT2D eigenvalue weighted by Crippen LogP contribution is 2.30. The van der Waals surface area contributed by atoms with E-state index in [9.17, 15) is 0 Å². The van der Waals surface area contributed by atoms with E-state index in [1.165, 1.54) is 0 Å². The Kier molecular flexibility index (Phi) is 3.43. The predicted molar refractivity (Wildman–Crippen MR) is 94.5 cm³/mol. The monoisotopic (exact) mass is 312 g/mol. The quantitative estimate of drug-likeness (QED) is 0.773. The molecular weight excluding hydrogens is 288 g/mol. The molecule has 0 radical (unpaired) electrons. The maximum atomic E-state index is 5.88. The van der Waals surface area contributed by atoms with Crippen LogP contribution in [0.2, 0.25) is 0 Å². The molecule has 0 fully saturated rings. The Hall–Kier alpha value is -2.37. The number of imidazole rings is 1. The summed E-state index contributed by atoms with van der Waals surface area (Å²) in [7, 11) is 0. The zero-order valence-electron chi connectivity index (χ0n) is 14.4. The lowest BCUT2D eigenvalue weighted by atomic mass is 9.82. The van der Waals surface area contributed by atoms with Gasteiger partial charge in [0.05, 0.1) is 11.0 Å². The molecule has 23 heavy (non-hydrogen) atoms. The van der Waals surface area contributed by atoms with E-state index in [0.29, 0.717) is 11.7 Å². The van der Waals surface area contributed by atoms with Gasteiger partial charge in [0, 0.05) is 5.54 Å². The van der Waals surface area contributed by atoms with Gasteiger partial charge in [-0.15, -0.1) is 0 Å². The zero-order valence-corrected chi connectivity index (χ0v) is 14.4. The molecule has 0 aliphatic rings. The van der Waals surface area contributed by atoms with E-state index in [1.54, 1.807) is 0 Å². The van der Waals surface area contributed by atoms with Gasteiger partial charge < -0.3 is 11.1 Å². The van der Waals surface area contributed by atoms with Crippen LogP contribution in [0.25, 0.3) is 16.8 Å². The van der Waals surface area contributed by atoms with E-state index in [2.05, 4.69) is 54.9 Å². The minimum Gasteiger partial charge on any atom is -0.368 e. The maximum Gasteiger partial charge on any atom is 0.241 e. The molecule has 122 valence electrons. The number of rotatable bonds is 3. The summed E-state index contributed by atoms with van der Waals surface area (Å²) < 4.78 is 1.93. The average Bonchev–Trinajstić information content (AvgIpc) is 2.72. The molecule has 6 nitrogen and oxygen atoms in total. The molecule has 2 heterocycles. The first kappa shape index (κ1) is 15.5. The number of benzene rings is 1. The second-order valence-electron chi connectivity index (χ2n) is 7.89. The third-order valence-corrected chi connectivity index (χ3v) is 3.61. The third-order valence-electron chi connectivity index (χ3n) is 3.61. The van der Waals surface area contributed by atoms with Crippen molar-refractivity contribution in [2.24, 2.45) is 5.41 Å². The van der Waals surface area contributed by atoms with Crippen LogP contribution in [0.1, 0.15) is 41.0 Å². The van der Waals surface area contributed by atoms with E-state index in [1.807, 2.05) is 28.7 Å². The van der Waals surface area contributed by atoms with Crippen molar-refractivity contribution in [1.29, 1.82) is 0 Å². The van der Waals surface area contributed by atoms with E-state index < -0.39 is 0 Å².